The quantitative estimate of drug-likeness (QED) is 0.755. The minimum absolute atomic E-state index is 0.108. The van der Waals surface area contributed by atoms with Crippen LogP contribution in [0, 0.1) is 5.92 Å². The largest absolute Gasteiger partial charge is 0.377 e. The van der Waals surface area contributed by atoms with E-state index in [2.05, 4.69) is 15.5 Å². The van der Waals surface area contributed by atoms with Crippen LogP contribution in [0.4, 0.5) is 10.8 Å². The van der Waals surface area contributed by atoms with E-state index in [0.29, 0.717) is 27.9 Å². The lowest BCUT2D eigenvalue weighted by Crippen LogP contribution is -2.69. The molecule has 0 spiro atoms. The van der Waals surface area contributed by atoms with Gasteiger partial charge in [0.05, 0.1) is 11.3 Å². The number of aromatic nitrogens is 2. The highest BCUT2D eigenvalue weighted by Crippen LogP contribution is 2.45. The van der Waals surface area contributed by atoms with Gasteiger partial charge in [-0.2, -0.15) is 0 Å². The van der Waals surface area contributed by atoms with E-state index in [-0.39, 0.29) is 37.2 Å². The molecule has 3 heterocycles. The van der Waals surface area contributed by atoms with E-state index in [0.717, 1.165) is 0 Å². The molecule has 9 nitrogen and oxygen atoms in total. The summed E-state index contributed by atoms with van der Waals surface area (Å²) in [5.41, 5.74) is -0.535. The average molecular weight is 430 g/mol. The molecule has 0 bridgehead atoms. The third-order valence-corrected chi connectivity index (χ3v) is 6.05. The topological polar surface area (TPSA) is 105 Å². The van der Waals surface area contributed by atoms with Crippen molar-refractivity contribution in [2.24, 2.45) is 5.92 Å². The van der Waals surface area contributed by atoms with Gasteiger partial charge in [0.2, 0.25) is 16.7 Å². The van der Waals surface area contributed by atoms with Crippen LogP contribution >= 0.6 is 11.3 Å². The van der Waals surface area contributed by atoms with Gasteiger partial charge in [-0.15, -0.1) is 10.2 Å². The number of amides is 3. The molecule has 0 unspecified atom stereocenters. The number of nitrogens with one attached hydrogen (secondary N) is 1. The van der Waals surface area contributed by atoms with E-state index < -0.39 is 11.6 Å². The number of ether oxygens (including phenoxy) is 1. The highest BCUT2D eigenvalue weighted by molar-refractivity contribution is 7.15. The highest BCUT2D eigenvalue weighted by atomic mass is 32.1. The second-order valence-electron chi connectivity index (χ2n) is 7.76. The number of rotatable bonds is 6. The van der Waals surface area contributed by atoms with Crippen LogP contribution in [0.5, 0.6) is 0 Å². The van der Waals surface area contributed by atoms with Crippen LogP contribution in [0.15, 0.2) is 24.3 Å². The van der Waals surface area contributed by atoms with Crippen molar-refractivity contribution in [3.8, 4) is 0 Å². The first-order chi connectivity index (χ1) is 14.4. The van der Waals surface area contributed by atoms with Crippen molar-refractivity contribution >= 4 is 39.9 Å². The zero-order valence-corrected chi connectivity index (χ0v) is 17.9. The maximum absolute atomic E-state index is 13.6. The molecule has 3 amide bonds. The van der Waals surface area contributed by atoms with E-state index in [1.807, 2.05) is 13.8 Å². The van der Waals surface area contributed by atoms with Crippen LogP contribution in [0.1, 0.15) is 42.1 Å². The van der Waals surface area contributed by atoms with Crippen molar-refractivity contribution in [2.45, 2.75) is 39.0 Å². The van der Waals surface area contributed by atoms with Crippen LogP contribution in [0.25, 0.3) is 0 Å². The van der Waals surface area contributed by atoms with Gasteiger partial charge >= 0.3 is 0 Å². The fourth-order valence-electron chi connectivity index (χ4n) is 4.08. The van der Waals surface area contributed by atoms with Gasteiger partial charge in [0, 0.05) is 26.5 Å². The number of carbonyl (C=O) groups is 3. The Morgan fingerprint density at radius 2 is 2.07 bits per heavy atom. The fourth-order valence-corrected chi connectivity index (χ4v) is 4.79. The smallest absolute Gasteiger partial charge is 0.273 e. The molecule has 10 heteroatoms. The molecule has 4 rings (SSSR count). The lowest BCUT2D eigenvalue weighted by Gasteiger charge is -2.49. The standard InChI is InChI=1S/C20H23N5O4S/c1-12(2)10-24-17(27)13-6-4-5-7-14(13)25-16(26)8-9-20(24,25)18(28)21-19-23-22-15(30-19)11-29-3/h4-7,12H,8-11H2,1-3H3,(H,21,23,28)/t20-/m0/s1. The molecule has 1 saturated heterocycles. The number of benzene rings is 1. The highest BCUT2D eigenvalue weighted by Gasteiger charge is 2.60. The predicted molar refractivity (Wildman–Crippen MR) is 111 cm³/mol. The number of para-hydroxylation sites is 1. The Balaban J connectivity index is 1.79. The summed E-state index contributed by atoms with van der Waals surface area (Å²) in [5, 5.41) is 11.7. The maximum Gasteiger partial charge on any atom is 0.273 e. The Kier molecular flexibility index (Phi) is 5.29. The molecule has 2 aliphatic rings. The SMILES string of the molecule is COCc1nnc(NC(=O)[C@]23CCC(=O)N2c2ccccc2C(=O)N3CC(C)C)s1. The number of hydrogen-bond acceptors (Lipinski definition) is 7. The lowest BCUT2D eigenvalue weighted by atomic mass is 9.94. The zero-order chi connectivity index (χ0) is 21.5. The van der Waals surface area contributed by atoms with E-state index >= 15 is 0 Å². The van der Waals surface area contributed by atoms with Gasteiger partial charge in [-0.25, -0.2) is 0 Å². The van der Waals surface area contributed by atoms with Gasteiger partial charge in [-0.05, 0) is 18.1 Å². The Hall–Kier alpha value is -2.85. The second-order valence-corrected chi connectivity index (χ2v) is 8.82. The molecule has 0 aliphatic carbocycles. The Morgan fingerprint density at radius 1 is 1.30 bits per heavy atom. The van der Waals surface area contributed by atoms with E-state index in [1.54, 1.807) is 31.4 Å². The van der Waals surface area contributed by atoms with E-state index in [9.17, 15) is 14.4 Å². The Labute approximate surface area is 178 Å². The molecule has 158 valence electrons. The summed E-state index contributed by atoms with van der Waals surface area (Å²) in [5.74, 6) is -0.790. The monoisotopic (exact) mass is 429 g/mol. The number of nitrogens with zero attached hydrogens (tertiary/aromatic N) is 4. The van der Waals surface area contributed by atoms with Gasteiger partial charge in [0.1, 0.15) is 11.6 Å². The molecule has 1 fully saturated rings. The summed E-state index contributed by atoms with van der Waals surface area (Å²) in [6.07, 6.45) is 0.392. The number of hydrogen-bond donors (Lipinski definition) is 1. The van der Waals surface area contributed by atoms with Gasteiger partial charge in [-0.1, -0.05) is 37.3 Å². The molecule has 1 aromatic carbocycles. The molecule has 1 aromatic heterocycles. The first-order valence-electron chi connectivity index (χ1n) is 9.75. The second kappa shape index (κ2) is 7.77. The fraction of sp³-hybridized carbons (Fsp3) is 0.450. The Morgan fingerprint density at radius 3 is 2.80 bits per heavy atom. The van der Waals surface area contributed by atoms with Gasteiger partial charge in [-0.3, -0.25) is 24.6 Å². The summed E-state index contributed by atoms with van der Waals surface area (Å²) in [7, 11) is 1.55. The van der Waals surface area contributed by atoms with Crippen LogP contribution in [-0.2, 0) is 20.9 Å². The number of anilines is 2. The van der Waals surface area contributed by atoms with Gasteiger partial charge in [0.25, 0.3) is 11.8 Å². The van der Waals surface area contributed by atoms with Crippen molar-refractivity contribution < 1.29 is 19.1 Å². The Bertz CT molecular complexity index is 1010. The first kappa shape index (κ1) is 20.4. The molecule has 2 aromatic rings. The van der Waals surface area contributed by atoms with Crippen LogP contribution in [0.2, 0.25) is 0 Å². The zero-order valence-electron chi connectivity index (χ0n) is 17.0. The van der Waals surface area contributed by atoms with Gasteiger partial charge < -0.3 is 9.64 Å². The summed E-state index contributed by atoms with van der Waals surface area (Å²) < 4.78 is 5.05. The molecule has 1 atom stereocenters. The van der Waals surface area contributed by atoms with Crippen molar-refractivity contribution in [3.05, 3.63) is 34.8 Å². The molecule has 0 saturated carbocycles. The summed E-state index contributed by atoms with van der Waals surface area (Å²) >= 11 is 1.20. The number of methoxy groups -OCH3 is 1. The number of carbonyl (C=O) groups excluding carboxylic acids is 3. The van der Waals surface area contributed by atoms with Crippen molar-refractivity contribution in [3.63, 3.8) is 0 Å². The maximum atomic E-state index is 13.6. The number of fused-ring (bicyclic) bond motifs is 3. The summed E-state index contributed by atoms with van der Waals surface area (Å²) in [6, 6.07) is 6.93. The molecule has 30 heavy (non-hydrogen) atoms. The molecule has 0 radical (unpaired) electrons. The average Bonchev–Trinajstić information content (AvgIpc) is 3.30. The third-order valence-electron chi connectivity index (χ3n) is 5.24. The minimum Gasteiger partial charge on any atom is -0.377 e. The van der Waals surface area contributed by atoms with Crippen LogP contribution in [0.3, 0.4) is 0 Å². The van der Waals surface area contributed by atoms with Gasteiger partial charge in [0.15, 0.2) is 0 Å². The minimum atomic E-state index is -1.43. The third kappa shape index (κ3) is 3.16. The molecular weight excluding hydrogens is 406 g/mol. The first-order valence-corrected chi connectivity index (χ1v) is 10.6. The lowest BCUT2D eigenvalue weighted by molar-refractivity contribution is -0.129. The van der Waals surface area contributed by atoms with Crippen molar-refractivity contribution in [2.75, 3.05) is 23.9 Å². The van der Waals surface area contributed by atoms with E-state index in [4.69, 9.17) is 4.74 Å². The summed E-state index contributed by atoms with van der Waals surface area (Å²) in [4.78, 5) is 43.0. The van der Waals surface area contributed by atoms with Crippen molar-refractivity contribution in [1.82, 2.24) is 15.1 Å². The van der Waals surface area contributed by atoms with Crippen molar-refractivity contribution in [1.29, 1.82) is 0 Å². The normalized spacial score (nSPS) is 20.5. The molecular formula is C20H23N5O4S. The van der Waals surface area contributed by atoms with Crippen LogP contribution in [-0.4, -0.2) is 52.1 Å². The predicted octanol–water partition coefficient (Wildman–Crippen LogP) is 2.26. The van der Waals surface area contributed by atoms with Crippen LogP contribution < -0.4 is 10.2 Å². The summed E-state index contributed by atoms with van der Waals surface area (Å²) in [6.45, 7) is 4.58. The molecule has 2 aliphatic heterocycles. The van der Waals surface area contributed by atoms with E-state index in [1.165, 1.54) is 21.1 Å². The molecule has 1 N–H and O–H groups in total.